The quantitative estimate of drug-likeness (QED) is 0.911. The molecule has 4 rings (SSSR count). The molecule has 0 spiro atoms. The van der Waals surface area contributed by atoms with E-state index in [1.165, 1.54) is 0 Å². The number of β-amino-alcohol motifs (C(OH)–C–C–N with tert-alkyl or cyclic N) is 1. The average molecular weight is 357 g/mol. The Bertz CT molecular complexity index is 851. The Labute approximate surface area is 152 Å². The average Bonchev–Trinajstić information content (AvgIpc) is 2.82. The van der Waals surface area contributed by atoms with Crippen LogP contribution >= 0.6 is 0 Å². The van der Waals surface area contributed by atoms with Gasteiger partial charge in [0, 0.05) is 23.7 Å². The molecule has 0 aliphatic carbocycles. The first-order valence-corrected chi connectivity index (χ1v) is 8.59. The monoisotopic (exact) mass is 357 g/mol. The van der Waals surface area contributed by atoms with Crippen molar-refractivity contribution in [3.05, 3.63) is 41.0 Å². The van der Waals surface area contributed by atoms with E-state index in [1.54, 1.807) is 21.3 Å². The number of hydrogen-bond donors (Lipinski definition) is 1. The van der Waals surface area contributed by atoms with Gasteiger partial charge in [-0.05, 0) is 31.2 Å². The minimum absolute atomic E-state index is 0.0813. The third kappa shape index (κ3) is 2.40. The van der Waals surface area contributed by atoms with E-state index < -0.39 is 6.10 Å². The van der Waals surface area contributed by atoms with E-state index >= 15 is 0 Å². The minimum atomic E-state index is -0.558. The number of hydrogen-bond acceptors (Lipinski definition) is 6. The summed E-state index contributed by atoms with van der Waals surface area (Å²) in [5.74, 6) is 3.08. The maximum Gasteiger partial charge on any atom is 0.204 e. The molecule has 6 nitrogen and oxygen atoms in total. The fraction of sp³-hybridized carbons (Fsp3) is 0.400. The summed E-state index contributed by atoms with van der Waals surface area (Å²) in [6, 6.07) is 7.76. The highest BCUT2D eigenvalue weighted by atomic mass is 16.5. The van der Waals surface area contributed by atoms with Crippen molar-refractivity contribution in [3.8, 4) is 28.7 Å². The third-order valence-electron chi connectivity index (χ3n) is 5.30. The lowest BCUT2D eigenvalue weighted by Gasteiger charge is -2.37. The molecule has 1 unspecified atom stereocenters. The Morgan fingerprint density at radius 3 is 2.42 bits per heavy atom. The molecule has 0 radical (unpaired) electrons. The van der Waals surface area contributed by atoms with E-state index in [2.05, 4.69) is 4.90 Å². The van der Waals surface area contributed by atoms with Crippen LogP contribution in [-0.2, 0) is 6.42 Å². The first-order chi connectivity index (χ1) is 12.6. The summed E-state index contributed by atoms with van der Waals surface area (Å²) in [4.78, 5) is 2.16. The van der Waals surface area contributed by atoms with Gasteiger partial charge in [0.05, 0.1) is 27.4 Å². The van der Waals surface area contributed by atoms with Crippen LogP contribution in [0.15, 0.2) is 24.3 Å². The van der Waals surface area contributed by atoms with E-state index in [0.29, 0.717) is 35.3 Å². The molecule has 2 atom stereocenters. The van der Waals surface area contributed by atoms with Crippen molar-refractivity contribution in [1.82, 2.24) is 4.90 Å². The fourth-order valence-corrected chi connectivity index (χ4v) is 3.99. The van der Waals surface area contributed by atoms with Crippen LogP contribution < -0.4 is 18.9 Å². The second kappa shape index (κ2) is 6.37. The number of benzene rings is 2. The van der Waals surface area contributed by atoms with Gasteiger partial charge in [-0.15, -0.1) is 0 Å². The molecule has 0 saturated heterocycles. The molecule has 2 aromatic rings. The highest BCUT2D eigenvalue weighted by Crippen LogP contribution is 2.53. The molecule has 6 heteroatoms. The van der Waals surface area contributed by atoms with E-state index in [1.807, 2.05) is 31.3 Å². The van der Waals surface area contributed by atoms with Crippen molar-refractivity contribution in [2.24, 2.45) is 0 Å². The summed E-state index contributed by atoms with van der Waals surface area (Å²) >= 11 is 0. The Balaban J connectivity index is 1.99. The van der Waals surface area contributed by atoms with Gasteiger partial charge in [-0.25, -0.2) is 0 Å². The van der Waals surface area contributed by atoms with Crippen LogP contribution in [0.4, 0.5) is 0 Å². The number of fused-ring (bicyclic) bond motifs is 1. The molecular weight excluding hydrogens is 334 g/mol. The predicted molar refractivity (Wildman–Crippen MR) is 96.6 cm³/mol. The summed E-state index contributed by atoms with van der Waals surface area (Å²) in [6.45, 7) is 0.575. The molecule has 2 heterocycles. The van der Waals surface area contributed by atoms with Gasteiger partial charge >= 0.3 is 0 Å². The second-order valence-corrected chi connectivity index (χ2v) is 6.67. The van der Waals surface area contributed by atoms with Gasteiger partial charge in [-0.2, -0.15) is 0 Å². The van der Waals surface area contributed by atoms with Gasteiger partial charge in [0.1, 0.15) is 0 Å². The number of aliphatic hydroxyl groups excluding tert-OH is 1. The van der Waals surface area contributed by atoms with Crippen LogP contribution in [0.3, 0.4) is 0 Å². The standard InChI is InChI=1S/C20H23NO5/c1-21-10-14(22)12-6-8-15(23-2)19-17(12)13(21)9-11-5-7-16(24-3)20(25-4)18(11)26-19/h5-8,13-14,22H,9-10H2,1-4H3/t13-,14?/m0/s1. The number of ether oxygens (including phenoxy) is 4. The molecule has 2 aliphatic heterocycles. The number of nitrogens with zero attached hydrogens (tertiary/aromatic N) is 1. The lowest BCUT2D eigenvalue weighted by atomic mass is 9.87. The minimum Gasteiger partial charge on any atom is -0.493 e. The van der Waals surface area contributed by atoms with Gasteiger partial charge in [0.15, 0.2) is 23.0 Å². The molecule has 1 N–H and O–H groups in total. The zero-order valence-electron chi connectivity index (χ0n) is 15.4. The summed E-state index contributed by atoms with van der Waals surface area (Å²) in [5.41, 5.74) is 2.89. The highest BCUT2D eigenvalue weighted by molar-refractivity contribution is 5.63. The molecule has 26 heavy (non-hydrogen) atoms. The van der Waals surface area contributed by atoms with Gasteiger partial charge in [0.25, 0.3) is 0 Å². The Morgan fingerprint density at radius 2 is 1.73 bits per heavy atom. The van der Waals surface area contributed by atoms with Crippen molar-refractivity contribution in [3.63, 3.8) is 0 Å². The molecule has 0 amide bonds. The van der Waals surface area contributed by atoms with E-state index in [9.17, 15) is 5.11 Å². The second-order valence-electron chi connectivity index (χ2n) is 6.67. The number of methoxy groups -OCH3 is 3. The molecule has 0 aromatic heterocycles. The smallest absolute Gasteiger partial charge is 0.204 e. The molecular formula is C20H23NO5. The predicted octanol–water partition coefficient (Wildman–Crippen LogP) is 3.08. The van der Waals surface area contributed by atoms with Crippen LogP contribution in [0.25, 0.3) is 0 Å². The third-order valence-corrected chi connectivity index (χ3v) is 5.30. The van der Waals surface area contributed by atoms with Crippen molar-refractivity contribution >= 4 is 0 Å². The number of aliphatic hydroxyl groups is 1. The van der Waals surface area contributed by atoms with Crippen LogP contribution in [-0.4, -0.2) is 44.9 Å². The maximum atomic E-state index is 10.6. The molecule has 2 aromatic carbocycles. The zero-order valence-corrected chi connectivity index (χ0v) is 15.4. The van der Waals surface area contributed by atoms with Gasteiger partial charge < -0.3 is 24.1 Å². The summed E-state index contributed by atoms with van der Waals surface area (Å²) in [6.07, 6.45) is 0.184. The normalized spacial score (nSPS) is 21.1. The maximum absolute atomic E-state index is 10.6. The Kier molecular flexibility index (Phi) is 4.17. The zero-order chi connectivity index (χ0) is 18.4. The Morgan fingerprint density at radius 1 is 1.00 bits per heavy atom. The van der Waals surface area contributed by atoms with Gasteiger partial charge in [-0.1, -0.05) is 12.1 Å². The molecule has 0 fully saturated rings. The van der Waals surface area contributed by atoms with Crippen LogP contribution in [0.5, 0.6) is 28.7 Å². The molecule has 0 bridgehead atoms. The van der Waals surface area contributed by atoms with Crippen LogP contribution in [0, 0.1) is 0 Å². The van der Waals surface area contributed by atoms with Gasteiger partial charge in [-0.3, -0.25) is 4.90 Å². The SMILES string of the molecule is COc1ccc2c(c1OC)Oc1c(OC)ccc3c1[C@H](C2)N(C)CC3O. The fourth-order valence-electron chi connectivity index (χ4n) is 3.99. The largest absolute Gasteiger partial charge is 0.493 e. The molecule has 0 saturated carbocycles. The van der Waals surface area contributed by atoms with E-state index in [-0.39, 0.29) is 6.04 Å². The van der Waals surface area contributed by atoms with Crippen LogP contribution in [0.1, 0.15) is 28.8 Å². The van der Waals surface area contributed by atoms with Crippen molar-refractivity contribution in [2.75, 3.05) is 34.9 Å². The van der Waals surface area contributed by atoms with Crippen molar-refractivity contribution in [2.45, 2.75) is 18.6 Å². The molecule has 138 valence electrons. The summed E-state index contributed by atoms with van der Waals surface area (Å²) < 4.78 is 22.9. The lowest BCUT2D eigenvalue weighted by molar-refractivity contribution is 0.0832. The van der Waals surface area contributed by atoms with Crippen LogP contribution in [0.2, 0.25) is 0 Å². The number of rotatable bonds is 3. The van der Waals surface area contributed by atoms with Crippen molar-refractivity contribution < 1.29 is 24.1 Å². The van der Waals surface area contributed by atoms with E-state index in [0.717, 1.165) is 23.1 Å². The summed E-state index contributed by atoms with van der Waals surface area (Å²) in [5, 5.41) is 10.6. The Hall–Kier alpha value is -2.44. The molecule has 2 aliphatic rings. The highest BCUT2D eigenvalue weighted by Gasteiger charge is 2.38. The topological polar surface area (TPSA) is 60.4 Å². The first-order valence-electron chi connectivity index (χ1n) is 8.59. The van der Waals surface area contributed by atoms with Gasteiger partial charge in [0.2, 0.25) is 5.75 Å². The lowest BCUT2D eigenvalue weighted by Crippen LogP contribution is -2.35. The summed E-state index contributed by atoms with van der Waals surface area (Å²) in [7, 11) is 6.85. The van der Waals surface area contributed by atoms with Crippen molar-refractivity contribution in [1.29, 1.82) is 0 Å². The first kappa shape index (κ1) is 17.0. The number of likely N-dealkylation sites (N-methyl/N-ethyl adjacent to an activating group) is 1. The van der Waals surface area contributed by atoms with E-state index in [4.69, 9.17) is 18.9 Å².